The molecule has 1 saturated heterocycles. The number of rotatable bonds is 4. The molecule has 0 radical (unpaired) electrons. The largest absolute Gasteiger partial charge is 0.337 e. The first-order valence-corrected chi connectivity index (χ1v) is 6.68. The van der Waals surface area contributed by atoms with Gasteiger partial charge in [-0.2, -0.15) is 4.98 Å². The molecule has 0 aromatic carbocycles. The van der Waals surface area contributed by atoms with Gasteiger partial charge in [-0.1, -0.05) is 19.0 Å². The van der Waals surface area contributed by atoms with Gasteiger partial charge in [-0.25, -0.2) is 0 Å². The third-order valence-corrected chi connectivity index (χ3v) is 3.50. The quantitative estimate of drug-likeness (QED) is 0.874. The predicted molar refractivity (Wildman–Crippen MR) is 66.7 cm³/mol. The van der Waals surface area contributed by atoms with E-state index in [2.05, 4.69) is 36.2 Å². The fourth-order valence-corrected chi connectivity index (χ4v) is 2.24. The molecule has 1 aromatic rings. The predicted octanol–water partition coefficient (Wildman–Crippen LogP) is 2.65. The van der Waals surface area contributed by atoms with Gasteiger partial charge >= 0.3 is 0 Å². The summed E-state index contributed by atoms with van der Waals surface area (Å²) in [6.45, 7) is 7.63. The molecule has 4 heteroatoms. The molecule has 1 unspecified atom stereocenters. The van der Waals surface area contributed by atoms with E-state index in [9.17, 15) is 0 Å². The highest BCUT2D eigenvalue weighted by Crippen LogP contribution is 2.28. The highest BCUT2D eigenvalue weighted by atomic mass is 16.5. The van der Waals surface area contributed by atoms with Crippen LogP contribution in [0, 0.1) is 5.92 Å². The van der Waals surface area contributed by atoms with Gasteiger partial charge in [0.25, 0.3) is 0 Å². The molecular weight excluding hydrogens is 214 g/mol. The fraction of sp³-hybridized carbons (Fsp3) is 0.846. The number of aryl methyl sites for hydroxylation is 1. The zero-order valence-electron chi connectivity index (χ0n) is 11.1. The Labute approximate surface area is 103 Å². The average Bonchev–Trinajstić information content (AvgIpc) is 2.76. The molecule has 0 amide bonds. The number of nitrogens with zero attached hydrogens (tertiary/aromatic N) is 2. The molecule has 0 bridgehead atoms. The number of piperidine rings is 1. The molecule has 1 N–H and O–H groups in total. The van der Waals surface area contributed by atoms with Crippen LogP contribution in [0.2, 0.25) is 0 Å². The van der Waals surface area contributed by atoms with Crippen LogP contribution in [0.25, 0.3) is 0 Å². The van der Waals surface area contributed by atoms with Crippen molar-refractivity contribution in [2.24, 2.45) is 5.92 Å². The van der Waals surface area contributed by atoms with Crippen LogP contribution in [0.3, 0.4) is 0 Å². The maximum absolute atomic E-state index is 5.42. The molecule has 4 nitrogen and oxygen atoms in total. The minimum Gasteiger partial charge on any atom is -0.337 e. The Kier molecular flexibility index (Phi) is 3.82. The maximum atomic E-state index is 5.42. The van der Waals surface area contributed by atoms with Crippen molar-refractivity contribution in [1.82, 2.24) is 15.5 Å². The van der Waals surface area contributed by atoms with Crippen LogP contribution >= 0.6 is 0 Å². The van der Waals surface area contributed by atoms with E-state index >= 15 is 0 Å². The van der Waals surface area contributed by atoms with Gasteiger partial charge in [0, 0.05) is 6.42 Å². The summed E-state index contributed by atoms with van der Waals surface area (Å²) in [7, 11) is 0. The Balaban J connectivity index is 2.01. The van der Waals surface area contributed by atoms with E-state index in [4.69, 9.17) is 4.52 Å². The van der Waals surface area contributed by atoms with E-state index in [1.165, 1.54) is 12.8 Å². The van der Waals surface area contributed by atoms with Crippen molar-refractivity contribution in [2.75, 3.05) is 6.54 Å². The van der Waals surface area contributed by atoms with Crippen molar-refractivity contribution in [3.05, 3.63) is 11.7 Å². The molecule has 0 spiro atoms. The molecule has 17 heavy (non-hydrogen) atoms. The van der Waals surface area contributed by atoms with Crippen molar-refractivity contribution in [3.8, 4) is 0 Å². The van der Waals surface area contributed by atoms with E-state index < -0.39 is 0 Å². The lowest BCUT2D eigenvalue weighted by molar-refractivity contribution is 0.206. The van der Waals surface area contributed by atoms with Crippen molar-refractivity contribution in [1.29, 1.82) is 0 Å². The lowest BCUT2D eigenvalue weighted by Crippen LogP contribution is -2.43. The molecule has 1 aliphatic rings. The molecule has 1 atom stereocenters. The monoisotopic (exact) mass is 237 g/mol. The summed E-state index contributed by atoms with van der Waals surface area (Å²) in [5.74, 6) is 2.29. The minimum absolute atomic E-state index is 0.110. The first kappa shape index (κ1) is 12.6. The fourth-order valence-electron chi connectivity index (χ4n) is 2.24. The molecule has 2 heterocycles. The van der Waals surface area contributed by atoms with E-state index in [1.807, 2.05) is 0 Å². The van der Waals surface area contributed by atoms with Crippen molar-refractivity contribution in [2.45, 2.75) is 58.4 Å². The molecule has 96 valence electrons. The number of nitrogens with one attached hydrogen (secondary N) is 1. The van der Waals surface area contributed by atoms with Crippen molar-refractivity contribution < 1.29 is 4.52 Å². The van der Waals surface area contributed by atoms with Crippen LogP contribution in [-0.2, 0) is 12.0 Å². The summed E-state index contributed by atoms with van der Waals surface area (Å²) in [5, 5.41) is 7.58. The zero-order chi connectivity index (χ0) is 12.3. The summed E-state index contributed by atoms with van der Waals surface area (Å²) in [4.78, 5) is 4.54. The van der Waals surface area contributed by atoms with Crippen LogP contribution in [0.1, 0.15) is 58.2 Å². The van der Waals surface area contributed by atoms with Gasteiger partial charge in [-0.05, 0) is 45.1 Å². The Morgan fingerprint density at radius 2 is 2.24 bits per heavy atom. The Hall–Kier alpha value is -0.900. The van der Waals surface area contributed by atoms with E-state index in [1.54, 1.807) is 0 Å². The van der Waals surface area contributed by atoms with Gasteiger partial charge in [-0.15, -0.1) is 0 Å². The van der Waals surface area contributed by atoms with Gasteiger partial charge in [0.15, 0.2) is 5.82 Å². The molecule has 1 aliphatic heterocycles. The molecule has 0 aliphatic carbocycles. The first-order valence-electron chi connectivity index (χ1n) is 6.68. The SMILES string of the molecule is CC(C)CCc1noc(C2(C)CCCCN2)n1. The number of aromatic nitrogens is 2. The molecule has 2 rings (SSSR count). The highest BCUT2D eigenvalue weighted by molar-refractivity contribution is 5.03. The minimum atomic E-state index is -0.110. The molecular formula is C13H23N3O. The summed E-state index contributed by atoms with van der Waals surface area (Å²) in [5.41, 5.74) is -0.110. The van der Waals surface area contributed by atoms with Crippen molar-refractivity contribution in [3.63, 3.8) is 0 Å². The van der Waals surface area contributed by atoms with E-state index in [-0.39, 0.29) is 5.54 Å². The normalized spacial score (nSPS) is 25.4. The lowest BCUT2D eigenvalue weighted by Gasteiger charge is -2.31. The Morgan fingerprint density at radius 3 is 2.88 bits per heavy atom. The Morgan fingerprint density at radius 1 is 1.41 bits per heavy atom. The second-order valence-corrected chi connectivity index (χ2v) is 5.66. The van der Waals surface area contributed by atoms with Gasteiger partial charge in [0.2, 0.25) is 5.89 Å². The first-order chi connectivity index (χ1) is 8.10. The average molecular weight is 237 g/mol. The third-order valence-electron chi connectivity index (χ3n) is 3.50. The molecule has 0 saturated carbocycles. The van der Waals surface area contributed by atoms with E-state index in [0.29, 0.717) is 5.92 Å². The standard InChI is InChI=1S/C13H23N3O/c1-10(2)6-7-11-15-12(17-16-11)13(3)8-4-5-9-14-13/h10,14H,4-9H2,1-3H3. The van der Waals surface area contributed by atoms with E-state index in [0.717, 1.165) is 37.5 Å². The maximum Gasteiger partial charge on any atom is 0.246 e. The summed E-state index contributed by atoms with van der Waals surface area (Å²) in [6, 6.07) is 0. The van der Waals surface area contributed by atoms with Crippen LogP contribution in [0.15, 0.2) is 4.52 Å². The second kappa shape index (κ2) is 5.17. The second-order valence-electron chi connectivity index (χ2n) is 5.66. The van der Waals surface area contributed by atoms with Gasteiger partial charge in [0.05, 0.1) is 5.54 Å². The topological polar surface area (TPSA) is 51.0 Å². The summed E-state index contributed by atoms with van der Waals surface area (Å²) >= 11 is 0. The van der Waals surface area contributed by atoms with Gasteiger partial charge < -0.3 is 9.84 Å². The summed E-state index contributed by atoms with van der Waals surface area (Å²) < 4.78 is 5.42. The number of hydrogen-bond acceptors (Lipinski definition) is 4. The summed E-state index contributed by atoms with van der Waals surface area (Å²) in [6.07, 6.45) is 5.58. The van der Waals surface area contributed by atoms with Crippen LogP contribution in [0.4, 0.5) is 0 Å². The lowest BCUT2D eigenvalue weighted by atomic mass is 9.91. The smallest absolute Gasteiger partial charge is 0.246 e. The van der Waals surface area contributed by atoms with Gasteiger partial charge in [-0.3, -0.25) is 0 Å². The highest BCUT2D eigenvalue weighted by Gasteiger charge is 2.33. The van der Waals surface area contributed by atoms with Crippen molar-refractivity contribution >= 4 is 0 Å². The third kappa shape index (κ3) is 3.06. The van der Waals surface area contributed by atoms with Crippen LogP contribution < -0.4 is 5.32 Å². The van der Waals surface area contributed by atoms with Gasteiger partial charge in [0.1, 0.15) is 0 Å². The van der Waals surface area contributed by atoms with Crippen LogP contribution in [0.5, 0.6) is 0 Å². The molecule has 1 aromatic heterocycles. The Bertz CT molecular complexity index is 353. The zero-order valence-corrected chi connectivity index (χ0v) is 11.1. The van der Waals surface area contributed by atoms with Crippen LogP contribution in [-0.4, -0.2) is 16.7 Å². The molecule has 1 fully saturated rings. The number of hydrogen-bond donors (Lipinski definition) is 1.